The lowest BCUT2D eigenvalue weighted by atomic mass is 10.1. The Morgan fingerprint density at radius 2 is 1.96 bits per heavy atom. The van der Waals surface area contributed by atoms with Crippen LogP contribution in [-0.4, -0.2) is 55.8 Å². The number of piperidine rings is 1. The summed E-state index contributed by atoms with van der Waals surface area (Å²) in [4.78, 5) is 14.8. The molecule has 1 atom stereocenters. The quantitative estimate of drug-likeness (QED) is 0.762. The van der Waals surface area contributed by atoms with Crippen LogP contribution in [-0.2, 0) is 4.74 Å². The summed E-state index contributed by atoms with van der Waals surface area (Å²) in [5.41, 5.74) is 0.599. The summed E-state index contributed by atoms with van der Waals surface area (Å²) in [5, 5.41) is 3.60. The van der Waals surface area contributed by atoms with Gasteiger partial charge in [0.15, 0.2) is 0 Å². The average Bonchev–Trinajstić information content (AvgIpc) is 3.17. The predicted octanol–water partition coefficient (Wildman–Crippen LogP) is 3.89. The number of benzene rings is 1. The van der Waals surface area contributed by atoms with Crippen LogP contribution in [0.15, 0.2) is 18.2 Å². The molecule has 6 heteroatoms. The third-order valence-electron chi connectivity index (χ3n) is 5.69. The Hall–Kier alpha value is -1.30. The highest BCUT2D eigenvalue weighted by Gasteiger charge is 2.24. The SMILES string of the molecule is COC[C@@H](C)N1CCC(Oc2ccc(C(=O)NC3CCCC3)cc2Cl)CC1. The number of hydrogen-bond donors (Lipinski definition) is 1. The van der Waals surface area contributed by atoms with E-state index in [9.17, 15) is 4.79 Å². The number of likely N-dealkylation sites (tertiary alicyclic amines) is 1. The molecule has 0 aromatic heterocycles. The van der Waals surface area contributed by atoms with Crippen LogP contribution in [0.1, 0.15) is 55.8 Å². The van der Waals surface area contributed by atoms with Crippen molar-refractivity contribution in [2.24, 2.45) is 0 Å². The van der Waals surface area contributed by atoms with Gasteiger partial charge in [-0.3, -0.25) is 9.69 Å². The van der Waals surface area contributed by atoms with Gasteiger partial charge in [-0.25, -0.2) is 0 Å². The number of carbonyl (C=O) groups excluding carboxylic acids is 1. The first-order chi connectivity index (χ1) is 13.1. The van der Waals surface area contributed by atoms with Crippen LogP contribution in [0.25, 0.3) is 0 Å². The number of hydrogen-bond acceptors (Lipinski definition) is 4. The molecule has 1 amide bonds. The Kier molecular flexibility index (Phi) is 7.39. The summed E-state index contributed by atoms with van der Waals surface area (Å²) in [6.07, 6.45) is 6.63. The van der Waals surface area contributed by atoms with Crippen molar-refractivity contribution in [3.8, 4) is 5.75 Å². The molecule has 1 heterocycles. The fourth-order valence-corrected chi connectivity index (χ4v) is 4.26. The Morgan fingerprint density at radius 3 is 2.59 bits per heavy atom. The molecular weight excluding hydrogens is 364 g/mol. The number of rotatable bonds is 7. The first-order valence-corrected chi connectivity index (χ1v) is 10.4. The Labute approximate surface area is 167 Å². The van der Waals surface area contributed by atoms with Gasteiger partial charge in [0.05, 0.1) is 11.6 Å². The van der Waals surface area contributed by atoms with Crippen LogP contribution >= 0.6 is 11.6 Å². The third-order valence-corrected chi connectivity index (χ3v) is 5.98. The van der Waals surface area contributed by atoms with Crippen LogP contribution in [0.4, 0.5) is 0 Å². The van der Waals surface area contributed by atoms with Crippen LogP contribution in [0.5, 0.6) is 5.75 Å². The standard InChI is InChI=1S/C21H31ClN2O3/c1-15(14-26-2)24-11-9-18(10-12-24)27-20-8-7-16(13-19(20)22)21(25)23-17-5-3-4-6-17/h7-8,13,15,17-18H,3-6,9-12,14H2,1-2H3,(H,23,25)/t15-/m1/s1. The Bertz CT molecular complexity index is 626. The van der Waals surface area contributed by atoms with Crippen LogP contribution < -0.4 is 10.1 Å². The molecule has 1 saturated heterocycles. The maximum atomic E-state index is 12.4. The number of nitrogens with zero attached hydrogens (tertiary/aromatic N) is 1. The zero-order valence-electron chi connectivity index (χ0n) is 16.4. The zero-order valence-corrected chi connectivity index (χ0v) is 17.1. The Morgan fingerprint density at radius 1 is 1.26 bits per heavy atom. The first-order valence-electron chi connectivity index (χ1n) is 10.1. The largest absolute Gasteiger partial charge is 0.489 e. The van der Waals surface area contributed by atoms with Gasteiger partial charge >= 0.3 is 0 Å². The van der Waals surface area contributed by atoms with E-state index < -0.39 is 0 Å². The van der Waals surface area contributed by atoms with E-state index in [0.717, 1.165) is 45.4 Å². The highest BCUT2D eigenvalue weighted by atomic mass is 35.5. The van der Waals surface area contributed by atoms with Gasteiger partial charge in [-0.15, -0.1) is 0 Å². The molecule has 0 radical (unpaired) electrons. The lowest BCUT2D eigenvalue weighted by molar-refractivity contribution is 0.0475. The molecule has 1 aromatic rings. The van der Waals surface area contributed by atoms with Crippen LogP contribution in [0.2, 0.25) is 5.02 Å². The van der Waals surface area contributed by atoms with Crippen molar-refractivity contribution in [3.05, 3.63) is 28.8 Å². The van der Waals surface area contributed by atoms with Gasteiger partial charge in [0.1, 0.15) is 11.9 Å². The fourth-order valence-electron chi connectivity index (χ4n) is 4.04. The molecule has 1 aliphatic carbocycles. The molecule has 0 unspecified atom stereocenters. The molecule has 0 spiro atoms. The summed E-state index contributed by atoms with van der Waals surface area (Å²) >= 11 is 6.40. The summed E-state index contributed by atoms with van der Waals surface area (Å²) < 4.78 is 11.4. The van der Waals surface area contributed by atoms with E-state index >= 15 is 0 Å². The second kappa shape index (κ2) is 9.76. The molecule has 5 nitrogen and oxygen atoms in total. The monoisotopic (exact) mass is 394 g/mol. The van der Waals surface area contributed by atoms with Crippen LogP contribution in [0, 0.1) is 0 Å². The second-order valence-electron chi connectivity index (χ2n) is 7.76. The van der Waals surface area contributed by atoms with Crippen molar-refractivity contribution < 1.29 is 14.3 Å². The van der Waals surface area contributed by atoms with E-state index in [4.69, 9.17) is 21.1 Å². The van der Waals surface area contributed by atoms with Crippen molar-refractivity contribution in [3.63, 3.8) is 0 Å². The maximum absolute atomic E-state index is 12.4. The highest BCUT2D eigenvalue weighted by Crippen LogP contribution is 2.29. The van der Waals surface area contributed by atoms with E-state index in [-0.39, 0.29) is 12.0 Å². The minimum atomic E-state index is -0.0456. The molecular formula is C21H31ClN2O3. The molecule has 1 saturated carbocycles. The number of amides is 1. The number of nitrogens with one attached hydrogen (secondary N) is 1. The first kappa shape index (κ1) is 20.4. The number of halogens is 1. The van der Waals surface area contributed by atoms with Gasteiger partial charge in [0.2, 0.25) is 0 Å². The molecule has 150 valence electrons. The molecule has 2 aliphatic rings. The number of methoxy groups -OCH3 is 1. The number of carbonyl (C=O) groups is 1. The summed E-state index contributed by atoms with van der Waals surface area (Å²) in [7, 11) is 1.74. The summed E-state index contributed by atoms with van der Waals surface area (Å²) in [6.45, 7) is 4.93. The lowest BCUT2D eigenvalue weighted by Crippen LogP contribution is -2.44. The van der Waals surface area contributed by atoms with Crippen molar-refractivity contribution in [1.29, 1.82) is 0 Å². The minimum absolute atomic E-state index is 0.0456. The van der Waals surface area contributed by atoms with Crippen molar-refractivity contribution in [2.75, 3.05) is 26.8 Å². The Balaban J connectivity index is 1.51. The molecule has 1 aliphatic heterocycles. The van der Waals surface area contributed by atoms with Crippen molar-refractivity contribution in [1.82, 2.24) is 10.2 Å². The smallest absolute Gasteiger partial charge is 0.251 e. The maximum Gasteiger partial charge on any atom is 0.251 e. The lowest BCUT2D eigenvalue weighted by Gasteiger charge is -2.35. The normalized spacial score (nSPS) is 20.6. The predicted molar refractivity (Wildman–Crippen MR) is 108 cm³/mol. The molecule has 27 heavy (non-hydrogen) atoms. The molecule has 3 rings (SSSR count). The molecule has 2 fully saturated rings. The fraction of sp³-hybridized carbons (Fsp3) is 0.667. The number of ether oxygens (including phenoxy) is 2. The third kappa shape index (κ3) is 5.59. The second-order valence-corrected chi connectivity index (χ2v) is 8.16. The molecule has 1 aromatic carbocycles. The molecule has 0 bridgehead atoms. The van der Waals surface area contributed by atoms with Gasteiger partial charge in [0, 0.05) is 37.8 Å². The van der Waals surface area contributed by atoms with Gasteiger partial charge in [0.25, 0.3) is 5.91 Å². The van der Waals surface area contributed by atoms with Gasteiger partial charge < -0.3 is 14.8 Å². The highest BCUT2D eigenvalue weighted by molar-refractivity contribution is 6.32. The van der Waals surface area contributed by atoms with E-state index in [1.165, 1.54) is 12.8 Å². The van der Waals surface area contributed by atoms with Gasteiger partial charge in [-0.05, 0) is 50.8 Å². The summed E-state index contributed by atoms with van der Waals surface area (Å²) in [5.74, 6) is 0.619. The molecule has 1 N–H and O–H groups in total. The zero-order chi connectivity index (χ0) is 19.2. The van der Waals surface area contributed by atoms with E-state index in [2.05, 4.69) is 17.1 Å². The van der Waals surface area contributed by atoms with E-state index in [1.54, 1.807) is 19.2 Å². The van der Waals surface area contributed by atoms with Crippen LogP contribution in [0.3, 0.4) is 0 Å². The van der Waals surface area contributed by atoms with Crippen molar-refractivity contribution in [2.45, 2.75) is 63.6 Å². The summed E-state index contributed by atoms with van der Waals surface area (Å²) in [6, 6.07) is 6.08. The van der Waals surface area contributed by atoms with Gasteiger partial charge in [-0.2, -0.15) is 0 Å². The van der Waals surface area contributed by atoms with Crippen molar-refractivity contribution >= 4 is 17.5 Å². The van der Waals surface area contributed by atoms with Gasteiger partial charge in [-0.1, -0.05) is 24.4 Å². The minimum Gasteiger partial charge on any atom is -0.489 e. The van der Waals surface area contributed by atoms with E-state index in [0.29, 0.717) is 28.4 Å². The average molecular weight is 395 g/mol. The topological polar surface area (TPSA) is 50.8 Å². The van der Waals surface area contributed by atoms with E-state index in [1.807, 2.05) is 6.07 Å².